The van der Waals surface area contributed by atoms with Gasteiger partial charge in [-0.25, -0.2) is 8.78 Å². The highest BCUT2D eigenvalue weighted by atomic mass is 19.1. The molecule has 1 aromatic carbocycles. The summed E-state index contributed by atoms with van der Waals surface area (Å²) in [5, 5.41) is 9.55. The average Bonchev–Trinajstić information content (AvgIpc) is 2.35. The molecule has 3 nitrogen and oxygen atoms in total. The van der Waals surface area contributed by atoms with Crippen molar-refractivity contribution in [1.29, 1.82) is 0 Å². The zero-order valence-corrected chi connectivity index (χ0v) is 9.33. The fourth-order valence-electron chi connectivity index (χ4n) is 2.18. The van der Waals surface area contributed by atoms with Crippen molar-refractivity contribution in [2.24, 2.45) is 11.7 Å². The van der Waals surface area contributed by atoms with Gasteiger partial charge in [-0.05, 0) is 30.9 Å². The number of halogens is 2. The van der Waals surface area contributed by atoms with E-state index in [4.69, 9.17) is 10.5 Å². The Kier molecular flexibility index (Phi) is 3.59. The Morgan fingerprint density at radius 2 is 1.82 bits per heavy atom. The van der Waals surface area contributed by atoms with Crippen LogP contribution < -0.4 is 5.73 Å². The van der Waals surface area contributed by atoms with Crippen LogP contribution in [0, 0.1) is 17.6 Å². The maximum absolute atomic E-state index is 13.6. The number of hydrogen-bond acceptors (Lipinski definition) is 3. The fraction of sp³-hybridized carbons (Fsp3) is 0.500. The normalized spacial score (nSPS) is 19.2. The predicted octanol–water partition coefficient (Wildman–Crippen LogP) is 2.10. The molecule has 1 aliphatic rings. The van der Waals surface area contributed by atoms with Crippen LogP contribution in [-0.4, -0.2) is 18.3 Å². The molecule has 0 amide bonds. The number of phenolic OH excluding ortho intramolecular Hbond substituents is 1. The van der Waals surface area contributed by atoms with Gasteiger partial charge in [-0.2, -0.15) is 0 Å². The number of nitrogens with two attached hydrogens (primary N) is 1. The van der Waals surface area contributed by atoms with Gasteiger partial charge in [0.2, 0.25) is 0 Å². The van der Waals surface area contributed by atoms with Crippen molar-refractivity contribution in [3.63, 3.8) is 0 Å². The SMILES string of the molecule is N[C@H](c1c(F)ccc(F)c1O)C1CCOCC1. The van der Waals surface area contributed by atoms with E-state index in [0.717, 1.165) is 12.1 Å². The third kappa shape index (κ3) is 2.40. The molecule has 1 fully saturated rings. The van der Waals surface area contributed by atoms with Crippen molar-refractivity contribution in [1.82, 2.24) is 0 Å². The van der Waals surface area contributed by atoms with E-state index < -0.39 is 23.4 Å². The maximum Gasteiger partial charge on any atom is 0.165 e. The lowest BCUT2D eigenvalue weighted by atomic mass is 9.87. The first-order chi connectivity index (χ1) is 8.11. The predicted molar refractivity (Wildman–Crippen MR) is 58.5 cm³/mol. The number of rotatable bonds is 2. The number of benzene rings is 1. The molecule has 17 heavy (non-hydrogen) atoms. The molecular formula is C12H15F2NO2. The highest BCUT2D eigenvalue weighted by Crippen LogP contribution is 2.35. The monoisotopic (exact) mass is 243 g/mol. The molecule has 94 valence electrons. The molecule has 1 heterocycles. The third-order valence-corrected chi connectivity index (χ3v) is 3.22. The Labute approximate surface area is 98.2 Å². The largest absolute Gasteiger partial charge is 0.505 e. The Bertz CT molecular complexity index is 406. The summed E-state index contributed by atoms with van der Waals surface area (Å²) < 4.78 is 32.0. The van der Waals surface area contributed by atoms with E-state index >= 15 is 0 Å². The van der Waals surface area contributed by atoms with Gasteiger partial charge in [0.15, 0.2) is 11.6 Å². The molecule has 0 aliphatic carbocycles. The minimum Gasteiger partial charge on any atom is -0.505 e. The van der Waals surface area contributed by atoms with Crippen LogP contribution in [0.25, 0.3) is 0 Å². The number of aromatic hydroxyl groups is 1. The lowest BCUT2D eigenvalue weighted by molar-refractivity contribution is 0.0576. The van der Waals surface area contributed by atoms with Gasteiger partial charge in [0.05, 0.1) is 0 Å². The van der Waals surface area contributed by atoms with Gasteiger partial charge in [0.25, 0.3) is 0 Å². The van der Waals surface area contributed by atoms with Crippen LogP contribution in [-0.2, 0) is 4.74 Å². The van der Waals surface area contributed by atoms with E-state index in [0.29, 0.717) is 26.1 Å². The Hall–Kier alpha value is -1.20. The van der Waals surface area contributed by atoms with Crippen molar-refractivity contribution >= 4 is 0 Å². The molecule has 3 N–H and O–H groups in total. The summed E-state index contributed by atoms with van der Waals surface area (Å²) in [5.74, 6) is -2.18. The molecule has 0 unspecified atom stereocenters. The van der Waals surface area contributed by atoms with E-state index in [2.05, 4.69) is 0 Å². The molecule has 1 atom stereocenters. The van der Waals surface area contributed by atoms with E-state index in [1.54, 1.807) is 0 Å². The van der Waals surface area contributed by atoms with Gasteiger partial charge in [-0.3, -0.25) is 0 Å². The highest BCUT2D eigenvalue weighted by molar-refractivity contribution is 5.37. The van der Waals surface area contributed by atoms with Crippen LogP contribution in [0.4, 0.5) is 8.78 Å². The second kappa shape index (κ2) is 4.98. The average molecular weight is 243 g/mol. The molecule has 5 heteroatoms. The highest BCUT2D eigenvalue weighted by Gasteiger charge is 2.27. The molecule has 2 rings (SSSR count). The lowest BCUT2D eigenvalue weighted by Crippen LogP contribution is -2.28. The van der Waals surface area contributed by atoms with Gasteiger partial charge in [-0.15, -0.1) is 0 Å². The summed E-state index contributed by atoms with van der Waals surface area (Å²) in [6.45, 7) is 1.13. The molecule has 0 spiro atoms. The van der Waals surface area contributed by atoms with Gasteiger partial charge >= 0.3 is 0 Å². The van der Waals surface area contributed by atoms with Crippen LogP contribution >= 0.6 is 0 Å². The standard InChI is InChI=1S/C12H15F2NO2/c13-8-1-2-9(14)12(16)10(8)11(15)7-3-5-17-6-4-7/h1-2,7,11,16H,3-6,15H2/t11-/m0/s1. The van der Waals surface area contributed by atoms with Crippen molar-refractivity contribution < 1.29 is 18.6 Å². The van der Waals surface area contributed by atoms with Gasteiger partial charge in [-0.1, -0.05) is 0 Å². The number of hydrogen-bond donors (Lipinski definition) is 2. The van der Waals surface area contributed by atoms with Crippen molar-refractivity contribution in [2.45, 2.75) is 18.9 Å². The van der Waals surface area contributed by atoms with Crippen LogP contribution in [0.2, 0.25) is 0 Å². The Morgan fingerprint density at radius 1 is 1.24 bits per heavy atom. The minimum absolute atomic E-state index is 0.00551. The summed E-state index contributed by atoms with van der Waals surface area (Å²) in [6.07, 6.45) is 1.38. The Morgan fingerprint density at radius 3 is 2.47 bits per heavy atom. The van der Waals surface area contributed by atoms with Gasteiger partial charge in [0, 0.05) is 24.8 Å². The van der Waals surface area contributed by atoms with E-state index in [1.807, 2.05) is 0 Å². The fourth-order valence-corrected chi connectivity index (χ4v) is 2.18. The summed E-state index contributed by atoms with van der Waals surface area (Å²) in [4.78, 5) is 0. The van der Waals surface area contributed by atoms with E-state index in [9.17, 15) is 13.9 Å². The summed E-state index contributed by atoms with van der Waals surface area (Å²) in [6, 6.07) is 1.18. The summed E-state index contributed by atoms with van der Waals surface area (Å²) in [7, 11) is 0. The second-order valence-electron chi connectivity index (χ2n) is 4.27. The van der Waals surface area contributed by atoms with Crippen LogP contribution in [0.5, 0.6) is 5.75 Å². The molecule has 1 aromatic rings. The topological polar surface area (TPSA) is 55.5 Å². The van der Waals surface area contributed by atoms with E-state index in [1.165, 1.54) is 0 Å². The maximum atomic E-state index is 13.6. The first kappa shape index (κ1) is 12.3. The smallest absolute Gasteiger partial charge is 0.165 e. The molecular weight excluding hydrogens is 228 g/mol. The first-order valence-electron chi connectivity index (χ1n) is 5.61. The molecule has 0 aromatic heterocycles. The molecule has 1 aliphatic heterocycles. The molecule has 0 bridgehead atoms. The molecule has 1 saturated heterocycles. The van der Waals surface area contributed by atoms with Crippen LogP contribution in [0.3, 0.4) is 0 Å². The van der Waals surface area contributed by atoms with Gasteiger partial charge < -0.3 is 15.6 Å². The van der Waals surface area contributed by atoms with Crippen molar-refractivity contribution in [3.8, 4) is 5.75 Å². The Balaban J connectivity index is 2.29. The van der Waals surface area contributed by atoms with Crippen molar-refractivity contribution in [2.75, 3.05) is 13.2 Å². The first-order valence-corrected chi connectivity index (χ1v) is 5.61. The third-order valence-electron chi connectivity index (χ3n) is 3.22. The van der Waals surface area contributed by atoms with Gasteiger partial charge in [0.1, 0.15) is 5.82 Å². The van der Waals surface area contributed by atoms with E-state index in [-0.39, 0.29) is 11.5 Å². The minimum atomic E-state index is -0.844. The van der Waals surface area contributed by atoms with Crippen LogP contribution in [0.1, 0.15) is 24.4 Å². The summed E-state index contributed by atoms with van der Waals surface area (Å²) >= 11 is 0. The van der Waals surface area contributed by atoms with Crippen molar-refractivity contribution in [3.05, 3.63) is 29.3 Å². The quantitative estimate of drug-likeness (QED) is 0.836. The molecule has 0 saturated carbocycles. The second-order valence-corrected chi connectivity index (χ2v) is 4.27. The zero-order valence-electron chi connectivity index (χ0n) is 9.33. The zero-order chi connectivity index (χ0) is 12.4. The summed E-state index contributed by atoms with van der Waals surface area (Å²) in [5.41, 5.74) is 5.79. The molecule has 0 radical (unpaired) electrons. The number of phenols is 1. The lowest BCUT2D eigenvalue weighted by Gasteiger charge is -2.28. The number of ether oxygens (including phenoxy) is 1. The van der Waals surface area contributed by atoms with Crippen LogP contribution in [0.15, 0.2) is 12.1 Å².